The fraction of sp³-hybridized carbons (Fsp3) is 0.176. The minimum atomic E-state index is -0.0472. The van der Waals surface area contributed by atoms with Gasteiger partial charge < -0.3 is 5.32 Å². The summed E-state index contributed by atoms with van der Waals surface area (Å²) in [6, 6.07) is 17.2. The van der Waals surface area contributed by atoms with Gasteiger partial charge in [-0.05, 0) is 29.8 Å². The smallest absolute Gasteiger partial charge is 0.234 e. The number of halogens is 1. The van der Waals surface area contributed by atoms with Crippen LogP contribution in [0.2, 0.25) is 5.02 Å². The molecular weight excluding hydrogens is 348 g/mol. The van der Waals surface area contributed by atoms with Gasteiger partial charge in [0.2, 0.25) is 5.91 Å². The first-order valence-corrected chi connectivity index (χ1v) is 9.41. The molecule has 0 aliphatic carbocycles. The molecule has 23 heavy (non-hydrogen) atoms. The Balaban J connectivity index is 1.83. The van der Waals surface area contributed by atoms with E-state index in [0.29, 0.717) is 16.5 Å². The number of amides is 1. The molecule has 0 saturated carbocycles. The van der Waals surface area contributed by atoms with E-state index in [4.69, 9.17) is 16.9 Å². The first-order valence-electron chi connectivity index (χ1n) is 6.90. The highest BCUT2D eigenvalue weighted by Crippen LogP contribution is 2.26. The third kappa shape index (κ3) is 6.19. The summed E-state index contributed by atoms with van der Waals surface area (Å²) in [4.78, 5) is 13.0. The Morgan fingerprint density at radius 2 is 1.91 bits per heavy atom. The first kappa shape index (κ1) is 17.7. The molecule has 2 aromatic carbocycles. The van der Waals surface area contributed by atoms with Gasteiger partial charge in [-0.1, -0.05) is 35.9 Å². The average molecular weight is 363 g/mol. The molecule has 0 saturated heterocycles. The number of carbonyl (C=O) groups is 1. The van der Waals surface area contributed by atoms with E-state index in [1.807, 2.05) is 48.5 Å². The molecule has 1 amide bonds. The van der Waals surface area contributed by atoms with Crippen LogP contribution in [-0.2, 0) is 10.5 Å². The third-order valence-corrected chi connectivity index (χ3v) is 5.06. The lowest BCUT2D eigenvalue weighted by Gasteiger charge is -2.09. The predicted octanol–water partition coefficient (Wildman–Crippen LogP) is 4.83. The molecule has 0 aliphatic heterocycles. The summed E-state index contributed by atoms with van der Waals surface area (Å²) in [6.07, 6.45) is 0. The van der Waals surface area contributed by atoms with Crippen molar-refractivity contribution in [1.29, 1.82) is 5.26 Å². The fourth-order valence-electron chi connectivity index (χ4n) is 1.83. The molecule has 2 rings (SSSR count). The Hall–Kier alpha value is -1.61. The van der Waals surface area contributed by atoms with Crippen LogP contribution in [-0.4, -0.2) is 17.4 Å². The number of benzene rings is 2. The van der Waals surface area contributed by atoms with Crippen LogP contribution >= 0.6 is 35.1 Å². The molecule has 0 radical (unpaired) electrons. The number of para-hydroxylation sites is 1. The van der Waals surface area contributed by atoms with Gasteiger partial charge in [0.15, 0.2) is 0 Å². The zero-order valence-corrected chi connectivity index (χ0v) is 14.7. The Labute approximate surface area is 149 Å². The van der Waals surface area contributed by atoms with Gasteiger partial charge in [0.1, 0.15) is 0 Å². The number of thioether (sulfide) groups is 2. The molecule has 0 atom stereocenters. The summed E-state index contributed by atoms with van der Waals surface area (Å²) in [5.41, 5.74) is 1.89. The van der Waals surface area contributed by atoms with Crippen LogP contribution in [0.5, 0.6) is 0 Å². The number of carbonyl (C=O) groups excluding carboxylic acids is 1. The van der Waals surface area contributed by atoms with Crippen LogP contribution in [0.3, 0.4) is 0 Å². The van der Waals surface area contributed by atoms with Crippen molar-refractivity contribution < 1.29 is 4.79 Å². The molecule has 0 bridgehead atoms. The summed E-state index contributed by atoms with van der Waals surface area (Å²) in [5, 5.41) is 12.3. The second kappa shape index (κ2) is 9.51. The summed E-state index contributed by atoms with van der Waals surface area (Å²) < 4.78 is 0. The molecule has 3 nitrogen and oxygen atoms in total. The summed E-state index contributed by atoms with van der Waals surface area (Å²) in [6.45, 7) is 0. The number of hydrogen-bond acceptors (Lipinski definition) is 4. The van der Waals surface area contributed by atoms with Gasteiger partial charge in [0, 0.05) is 15.7 Å². The molecule has 0 fully saturated rings. The highest BCUT2D eigenvalue weighted by molar-refractivity contribution is 7.99. The maximum Gasteiger partial charge on any atom is 0.234 e. The quantitative estimate of drug-likeness (QED) is 0.717. The van der Waals surface area contributed by atoms with Gasteiger partial charge in [-0.2, -0.15) is 5.26 Å². The number of nitrogens with zero attached hydrogens (tertiary/aromatic N) is 1. The van der Waals surface area contributed by atoms with Crippen molar-refractivity contribution in [2.24, 2.45) is 0 Å². The topological polar surface area (TPSA) is 52.9 Å². The van der Waals surface area contributed by atoms with Crippen molar-refractivity contribution in [3.63, 3.8) is 0 Å². The summed E-state index contributed by atoms with van der Waals surface area (Å²) in [7, 11) is 0. The van der Waals surface area contributed by atoms with E-state index in [0.717, 1.165) is 21.9 Å². The van der Waals surface area contributed by atoms with Crippen LogP contribution in [0.4, 0.5) is 5.69 Å². The SMILES string of the molecule is N#CCSc1ccccc1NC(=O)CSCc1ccc(Cl)cc1. The fourth-order valence-corrected chi connectivity index (χ4v) is 3.42. The molecule has 2 aromatic rings. The van der Waals surface area contributed by atoms with Crippen molar-refractivity contribution in [3.8, 4) is 6.07 Å². The molecule has 0 heterocycles. The van der Waals surface area contributed by atoms with E-state index in [1.165, 1.54) is 11.8 Å². The van der Waals surface area contributed by atoms with Gasteiger partial charge in [-0.3, -0.25) is 4.79 Å². The molecule has 0 unspecified atom stereocenters. The second-order valence-electron chi connectivity index (χ2n) is 4.61. The van der Waals surface area contributed by atoms with Crippen LogP contribution in [0.1, 0.15) is 5.56 Å². The zero-order chi connectivity index (χ0) is 16.5. The molecule has 0 spiro atoms. The minimum Gasteiger partial charge on any atom is -0.324 e. The van der Waals surface area contributed by atoms with E-state index in [2.05, 4.69) is 11.4 Å². The van der Waals surface area contributed by atoms with Gasteiger partial charge in [-0.25, -0.2) is 0 Å². The molecule has 0 aliphatic rings. The van der Waals surface area contributed by atoms with Crippen LogP contribution < -0.4 is 5.32 Å². The number of nitrogens with one attached hydrogen (secondary N) is 1. The summed E-state index contributed by atoms with van der Waals surface area (Å²) >= 11 is 8.81. The van der Waals surface area contributed by atoms with E-state index in [9.17, 15) is 4.79 Å². The number of nitriles is 1. The molecular formula is C17H15ClN2OS2. The van der Waals surface area contributed by atoms with Gasteiger partial charge >= 0.3 is 0 Å². The van der Waals surface area contributed by atoms with Crippen LogP contribution in [0.15, 0.2) is 53.4 Å². The van der Waals surface area contributed by atoms with E-state index >= 15 is 0 Å². The minimum absolute atomic E-state index is 0.0472. The number of anilines is 1. The first-order chi connectivity index (χ1) is 11.2. The summed E-state index contributed by atoms with van der Waals surface area (Å²) in [5.74, 6) is 1.45. The molecule has 118 valence electrons. The van der Waals surface area contributed by atoms with Crippen LogP contribution in [0, 0.1) is 11.3 Å². The van der Waals surface area contributed by atoms with Crippen molar-refractivity contribution in [3.05, 3.63) is 59.1 Å². The highest BCUT2D eigenvalue weighted by atomic mass is 35.5. The average Bonchev–Trinajstić information content (AvgIpc) is 2.56. The molecule has 0 aromatic heterocycles. The van der Waals surface area contributed by atoms with Crippen LogP contribution in [0.25, 0.3) is 0 Å². The maximum absolute atomic E-state index is 12.1. The van der Waals surface area contributed by atoms with Crippen molar-refractivity contribution in [2.45, 2.75) is 10.6 Å². The highest BCUT2D eigenvalue weighted by Gasteiger charge is 2.07. The van der Waals surface area contributed by atoms with E-state index in [1.54, 1.807) is 11.8 Å². The second-order valence-corrected chi connectivity index (χ2v) is 7.05. The van der Waals surface area contributed by atoms with Gasteiger partial charge in [0.25, 0.3) is 0 Å². The Morgan fingerprint density at radius 3 is 2.65 bits per heavy atom. The number of rotatable bonds is 7. The Bertz CT molecular complexity index is 698. The van der Waals surface area contributed by atoms with E-state index in [-0.39, 0.29) is 5.91 Å². The maximum atomic E-state index is 12.1. The standard InChI is InChI=1S/C17H15ClN2OS2/c18-14-7-5-13(6-8-14)11-22-12-17(21)20-15-3-1-2-4-16(15)23-10-9-19/h1-8H,10-12H2,(H,20,21). The van der Waals surface area contributed by atoms with Gasteiger partial charge in [-0.15, -0.1) is 23.5 Å². The lowest BCUT2D eigenvalue weighted by atomic mass is 10.2. The largest absolute Gasteiger partial charge is 0.324 e. The third-order valence-electron chi connectivity index (χ3n) is 2.87. The zero-order valence-electron chi connectivity index (χ0n) is 12.3. The van der Waals surface area contributed by atoms with E-state index < -0.39 is 0 Å². The molecule has 1 N–H and O–H groups in total. The van der Waals surface area contributed by atoms with Crippen molar-refractivity contribution in [1.82, 2.24) is 0 Å². The lowest BCUT2D eigenvalue weighted by Crippen LogP contribution is -2.14. The normalized spacial score (nSPS) is 10.1. The van der Waals surface area contributed by atoms with Crippen molar-refractivity contribution >= 4 is 46.7 Å². The van der Waals surface area contributed by atoms with Crippen molar-refractivity contribution in [2.75, 3.05) is 16.8 Å². The Kier molecular flexibility index (Phi) is 7.34. The number of hydrogen-bond donors (Lipinski definition) is 1. The predicted molar refractivity (Wildman–Crippen MR) is 99.0 cm³/mol. The monoisotopic (exact) mass is 362 g/mol. The Morgan fingerprint density at radius 1 is 1.17 bits per heavy atom. The molecule has 6 heteroatoms. The van der Waals surface area contributed by atoms with Gasteiger partial charge in [0.05, 0.1) is 23.3 Å². The lowest BCUT2D eigenvalue weighted by molar-refractivity contribution is -0.113.